The minimum atomic E-state index is -0.0450. The van der Waals surface area contributed by atoms with Crippen molar-refractivity contribution in [2.24, 2.45) is 0 Å². The monoisotopic (exact) mass is 304 g/mol. The van der Waals surface area contributed by atoms with Crippen LogP contribution in [0.5, 0.6) is 0 Å². The van der Waals surface area contributed by atoms with E-state index in [2.05, 4.69) is 4.98 Å². The summed E-state index contributed by atoms with van der Waals surface area (Å²) < 4.78 is 5.20. The van der Waals surface area contributed by atoms with E-state index in [-0.39, 0.29) is 11.9 Å². The molecule has 1 aliphatic heterocycles. The first-order chi connectivity index (χ1) is 10.2. The van der Waals surface area contributed by atoms with Gasteiger partial charge in [-0.3, -0.25) is 4.79 Å². The Balaban J connectivity index is 1.92. The van der Waals surface area contributed by atoms with E-state index in [1.165, 1.54) is 0 Å². The Labute approximate surface area is 128 Å². The summed E-state index contributed by atoms with van der Waals surface area (Å²) in [6, 6.07) is 9.40. The number of nitrogens with zero attached hydrogens (tertiary/aromatic N) is 2. The van der Waals surface area contributed by atoms with E-state index >= 15 is 0 Å². The van der Waals surface area contributed by atoms with E-state index in [0.717, 1.165) is 24.8 Å². The van der Waals surface area contributed by atoms with E-state index in [4.69, 9.17) is 16.3 Å². The zero-order valence-corrected chi connectivity index (χ0v) is 12.6. The van der Waals surface area contributed by atoms with Gasteiger partial charge in [-0.25, -0.2) is 4.98 Å². The molecule has 2 heterocycles. The molecule has 0 aliphatic carbocycles. The number of para-hydroxylation sites is 1. The largest absolute Gasteiger partial charge is 0.383 e. The van der Waals surface area contributed by atoms with Crippen molar-refractivity contribution in [3.05, 3.63) is 41.0 Å². The number of methoxy groups -OCH3 is 1. The van der Waals surface area contributed by atoms with Crippen molar-refractivity contribution in [1.82, 2.24) is 9.88 Å². The van der Waals surface area contributed by atoms with Gasteiger partial charge in [-0.1, -0.05) is 29.8 Å². The highest BCUT2D eigenvalue weighted by molar-refractivity contribution is 6.35. The molecule has 1 fully saturated rings. The molecule has 5 heteroatoms. The first-order valence-electron chi connectivity index (χ1n) is 7.06. The summed E-state index contributed by atoms with van der Waals surface area (Å²) in [5.74, 6) is -0.0450. The smallest absolute Gasteiger partial charge is 0.272 e. The normalized spacial score (nSPS) is 18.4. The van der Waals surface area contributed by atoms with Crippen LogP contribution in [-0.4, -0.2) is 42.1 Å². The predicted molar refractivity (Wildman–Crippen MR) is 82.7 cm³/mol. The highest BCUT2D eigenvalue weighted by atomic mass is 35.5. The standard InChI is InChI=1S/C16H17ClN2O2/c1-21-10-12-5-3-9-19(12)16(20)14-8-7-11-4-2-6-13(17)15(11)18-14/h2,4,6-8,12H,3,5,9-10H2,1H3/t12-/m0/s1. The van der Waals surface area contributed by atoms with Gasteiger partial charge in [0.1, 0.15) is 5.69 Å². The van der Waals surface area contributed by atoms with Crippen LogP contribution in [0.2, 0.25) is 5.02 Å². The molecule has 0 radical (unpaired) electrons. The maximum atomic E-state index is 12.7. The van der Waals surface area contributed by atoms with Crippen LogP contribution in [0.4, 0.5) is 0 Å². The lowest BCUT2D eigenvalue weighted by Gasteiger charge is -2.23. The summed E-state index contributed by atoms with van der Waals surface area (Å²) >= 11 is 6.16. The molecule has 0 saturated carbocycles. The zero-order chi connectivity index (χ0) is 14.8. The number of pyridine rings is 1. The van der Waals surface area contributed by atoms with Gasteiger partial charge in [0.05, 0.1) is 23.2 Å². The summed E-state index contributed by atoms with van der Waals surface area (Å²) in [7, 11) is 1.66. The van der Waals surface area contributed by atoms with Gasteiger partial charge in [0.15, 0.2) is 0 Å². The van der Waals surface area contributed by atoms with Crippen molar-refractivity contribution in [3.8, 4) is 0 Å². The molecule has 0 spiro atoms. The van der Waals surface area contributed by atoms with Gasteiger partial charge in [-0.05, 0) is 25.0 Å². The first-order valence-corrected chi connectivity index (χ1v) is 7.43. The predicted octanol–water partition coefficient (Wildman–Crippen LogP) is 3.14. The second-order valence-corrected chi connectivity index (χ2v) is 5.67. The van der Waals surface area contributed by atoms with E-state index in [1.54, 1.807) is 19.2 Å². The Morgan fingerprint density at radius 1 is 1.43 bits per heavy atom. The lowest BCUT2D eigenvalue weighted by Crippen LogP contribution is -2.38. The van der Waals surface area contributed by atoms with Gasteiger partial charge in [0.2, 0.25) is 0 Å². The van der Waals surface area contributed by atoms with Crippen molar-refractivity contribution >= 4 is 28.4 Å². The Kier molecular flexibility index (Phi) is 4.08. The zero-order valence-electron chi connectivity index (χ0n) is 11.9. The number of fused-ring (bicyclic) bond motifs is 1. The number of hydrogen-bond acceptors (Lipinski definition) is 3. The highest BCUT2D eigenvalue weighted by Gasteiger charge is 2.30. The molecule has 3 rings (SSSR count). The summed E-state index contributed by atoms with van der Waals surface area (Å²) in [5.41, 5.74) is 1.12. The number of halogens is 1. The number of hydrogen-bond donors (Lipinski definition) is 0. The van der Waals surface area contributed by atoms with Gasteiger partial charge in [-0.2, -0.15) is 0 Å². The average molecular weight is 305 g/mol. The summed E-state index contributed by atoms with van der Waals surface area (Å²) in [6.07, 6.45) is 1.99. The highest BCUT2D eigenvalue weighted by Crippen LogP contribution is 2.24. The Bertz CT molecular complexity index is 674. The van der Waals surface area contributed by atoms with E-state index in [0.29, 0.717) is 22.8 Å². The molecule has 1 aliphatic rings. The number of ether oxygens (including phenoxy) is 1. The second kappa shape index (κ2) is 6.00. The van der Waals surface area contributed by atoms with Gasteiger partial charge >= 0.3 is 0 Å². The van der Waals surface area contributed by atoms with Crippen molar-refractivity contribution in [3.63, 3.8) is 0 Å². The van der Waals surface area contributed by atoms with Crippen molar-refractivity contribution in [2.45, 2.75) is 18.9 Å². The van der Waals surface area contributed by atoms with Crippen LogP contribution < -0.4 is 0 Å². The fourth-order valence-electron chi connectivity index (χ4n) is 2.85. The Morgan fingerprint density at radius 3 is 3.10 bits per heavy atom. The fourth-order valence-corrected chi connectivity index (χ4v) is 3.07. The maximum absolute atomic E-state index is 12.7. The van der Waals surface area contributed by atoms with Crippen LogP contribution in [-0.2, 0) is 4.74 Å². The fraction of sp³-hybridized carbons (Fsp3) is 0.375. The van der Waals surface area contributed by atoms with Crippen molar-refractivity contribution in [2.75, 3.05) is 20.3 Å². The Hall–Kier alpha value is -1.65. The van der Waals surface area contributed by atoms with Crippen LogP contribution in [0, 0.1) is 0 Å². The third-order valence-corrected chi connectivity index (χ3v) is 4.19. The molecule has 1 amide bonds. The van der Waals surface area contributed by atoms with Crippen LogP contribution in [0.1, 0.15) is 23.3 Å². The topological polar surface area (TPSA) is 42.4 Å². The third kappa shape index (κ3) is 2.74. The molecule has 21 heavy (non-hydrogen) atoms. The van der Waals surface area contributed by atoms with E-state index < -0.39 is 0 Å². The molecule has 110 valence electrons. The van der Waals surface area contributed by atoms with Crippen molar-refractivity contribution in [1.29, 1.82) is 0 Å². The van der Waals surface area contributed by atoms with Crippen molar-refractivity contribution < 1.29 is 9.53 Å². The van der Waals surface area contributed by atoms with Crippen LogP contribution >= 0.6 is 11.6 Å². The molecule has 0 unspecified atom stereocenters. The lowest BCUT2D eigenvalue weighted by molar-refractivity contribution is 0.0625. The second-order valence-electron chi connectivity index (χ2n) is 5.26. The number of benzene rings is 1. The molecule has 0 bridgehead atoms. The molecule has 1 atom stereocenters. The molecule has 4 nitrogen and oxygen atoms in total. The minimum Gasteiger partial charge on any atom is -0.383 e. The van der Waals surface area contributed by atoms with Gasteiger partial charge in [0.25, 0.3) is 5.91 Å². The van der Waals surface area contributed by atoms with E-state index in [1.807, 2.05) is 23.1 Å². The minimum absolute atomic E-state index is 0.0450. The van der Waals surface area contributed by atoms with Crippen LogP contribution in [0.3, 0.4) is 0 Å². The van der Waals surface area contributed by atoms with E-state index in [9.17, 15) is 4.79 Å². The summed E-state index contributed by atoms with van der Waals surface area (Å²) in [4.78, 5) is 19.0. The molecule has 1 aromatic heterocycles. The SMILES string of the molecule is COC[C@@H]1CCCN1C(=O)c1ccc2cccc(Cl)c2n1. The Morgan fingerprint density at radius 2 is 2.29 bits per heavy atom. The number of aromatic nitrogens is 1. The number of rotatable bonds is 3. The summed E-state index contributed by atoms with van der Waals surface area (Å²) in [5, 5.41) is 1.51. The lowest BCUT2D eigenvalue weighted by atomic mass is 10.2. The number of carbonyl (C=O) groups excluding carboxylic acids is 1. The molecular formula is C16H17ClN2O2. The number of amides is 1. The molecule has 1 saturated heterocycles. The molecule has 2 aromatic rings. The number of carbonyl (C=O) groups is 1. The van der Waals surface area contributed by atoms with Gasteiger partial charge in [0, 0.05) is 19.0 Å². The molecular weight excluding hydrogens is 288 g/mol. The molecule has 0 N–H and O–H groups in total. The van der Waals surface area contributed by atoms with Crippen LogP contribution in [0.15, 0.2) is 30.3 Å². The van der Waals surface area contributed by atoms with Crippen LogP contribution in [0.25, 0.3) is 10.9 Å². The quantitative estimate of drug-likeness (QED) is 0.875. The molecule has 1 aromatic carbocycles. The van der Waals surface area contributed by atoms with Gasteiger partial charge in [-0.15, -0.1) is 0 Å². The van der Waals surface area contributed by atoms with Gasteiger partial charge < -0.3 is 9.64 Å². The summed E-state index contributed by atoms with van der Waals surface area (Å²) in [6.45, 7) is 1.33. The first kappa shape index (κ1) is 14.3. The number of likely N-dealkylation sites (tertiary alicyclic amines) is 1. The average Bonchev–Trinajstić information content (AvgIpc) is 2.95. The third-order valence-electron chi connectivity index (χ3n) is 3.89. The maximum Gasteiger partial charge on any atom is 0.272 e.